The number of carbonyl (C=O) groups excluding carboxylic acids is 1. The minimum atomic E-state index is -4.62. The van der Waals surface area contributed by atoms with Crippen LogP contribution >= 0.6 is 22.6 Å². The molecule has 0 unspecified atom stereocenters. The van der Waals surface area contributed by atoms with Crippen molar-refractivity contribution in [3.05, 3.63) is 29.6 Å². The Bertz CT molecular complexity index is 1040. The predicted molar refractivity (Wildman–Crippen MR) is 118 cm³/mol. The van der Waals surface area contributed by atoms with Crippen molar-refractivity contribution < 1.29 is 27.4 Å². The summed E-state index contributed by atoms with van der Waals surface area (Å²) in [6.45, 7) is 5.25. The zero-order chi connectivity index (χ0) is 23.3. The van der Waals surface area contributed by atoms with Crippen LogP contribution in [0.25, 0.3) is 11.3 Å². The lowest BCUT2D eigenvalue weighted by Gasteiger charge is -2.34. The number of nitrogen functional groups attached to an aromatic ring is 1. The molecule has 1 spiro atoms. The first kappa shape index (κ1) is 23.1. The number of hydrogen-bond donors (Lipinski definition) is 1. The number of fused-ring (bicyclic) bond motifs is 2. The van der Waals surface area contributed by atoms with Crippen LogP contribution in [0.4, 0.5) is 23.8 Å². The van der Waals surface area contributed by atoms with Gasteiger partial charge in [0.25, 0.3) is 0 Å². The number of alkyl halides is 4. The van der Waals surface area contributed by atoms with Crippen LogP contribution in [-0.2, 0) is 27.8 Å². The van der Waals surface area contributed by atoms with Crippen molar-refractivity contribution in [1.82, 2.24) is 19.7 Å². The molecule has 0 bridgehead atoms. The highest BCUT2D eigenvalue weighted by molar-refractivity contribution is 14.1. The Morgan fingerprint density at radius 1 is 1.34 bits per heavy atom. The molecule has 0 aliphatic carbocycles. The second kappa shape index (κ2) is 8.04. The quantitative estimate of drug-likeness (QED) is 0.449. The second-order valence-corrected chi connectivity index (χ2v) is 9.33. The van der Waals surface area contributed by atoms with Crippen LogP contribution in [0, 0.1) is 0 Å². The van der Waals surface area contributed by atoms with Gasteiger partial charge < -0.3 is 20.1 Å². The maximum atomic E-state index is 13.3. The molecular formula is C20H23F3IN5O3. The largest absolute Gasteiger partial charge is 0.443 e. The molecule has 8 nitrogen and oxygen atoms in total. The van der Waals surface area contributed by atoms with E-state index in [4.69, 9.17) is 15.2 Å². The van der Waals surface area contributed by atoms with E-state index in [0.717, 1.165) is 6.07 Å². The Morgan fingerprint density at radius 3 is 2.78 bits per heavy atom. The number of carbonyl (C=O) groups is 1. The van der Waals surface area contributed by atoms with Crippen LogP contribution in [-0.4, -0.2) is 55.5 Å². The van der Waals surface area contributed by atoms with Gasteiger partial charge in [-0.15, -0.1) is 0 Å². The summed E-state index contributed by atoms with van der Waals surface area (Å²) < 4.78 is 53.9. The highest BCUT2D eigenvalue weighted by Crippen LogP contribution is 2.41. The molecule has 2 aromatic rings. The Morgan fingerprint density at radius 2 is 2.09 bits per heavy atom. The minimum Gasteiger partial charge on any atom is -0.443 e. The number of amides is 1. The molecule has 2 N–H and O–H groups in total. The Kier molecular flexibility index (Phi) is 5.80. The topological polar surface area (TPSA) is 95.5 Å². The van der Waals surface area contributed by atoms with E-state index in [2.05, 4.69) is 32.7 Å². The second-order valence-electron chi connectivity index (χ2n) is 8.57. The Hall–Kier alpha value is -2.09. The van der Waals surface area contributed by atoms with E-state index in [1.165, 1.54) is 6.20 Å². The molecule has 0 saturated carbocycles. The fraction of sp³-hybridized carbons (Fsp3) is 0.550. The number of anilines is 1. The average Bonchev–Trinajstić information content (AvgIpc) is 3.33. The zero-order valence-electron chi connectivity index (χ0n) is 17.6. The summed E-state index contributed by atoms with van der Waals surface area (Å²) in [5.74, 6) is -0.579. The molecule has 4 rings (SSSR count). The summed E-state index contributed by atoms with van der Waals surface area (Å²) in [5, 5.41) is 4.49. The van der Waals surface area contributed by atoms with Gasteiger partial charge >= 0.3 is 12.3 Å². The van der Waals surface area contributed by atoms with Crippen LogP contribution in [0.3, 0.4) is 0 Å². The number of aromatic nitrogens is 3. The van der Waals surface area contributed by atoms with Crippen molar-refractivity contribution in [3.8, 4) is 11.3 Å². The SMILES string of the molecule is CC(C)(CI)OC(=O)N1CC[C@]2(C1)OCCn1nc(-c3cnc(N)c(C(F)(F)F)c3)cc12. The molecule has 2 aromatic heterocycles. The van der Waals surface area contributed by atoms with Crippen molar-refractivity contribution in [2.24, 2.45) is 0 Å². The lowest BCUT2D eigenvalue weighted by atomic mass is 9.96. The van der Waals surface area contributed by atoms with E-state index in [1.807, 2.05) is 13.8 Å². The lowest BCUT2D eigenvalue weighted by molar-refractivity contribution is -0.137. The summed E-state index contributed by atoms with van der Waals surface area (Å²) in [4.78, 5) is 17.9. The Balaban J connectivity index is 1.62. The molecule has 0 radical (unpaired) electrons. The molecule has 4 heterocycles. The Labute approximate surface area is 196 Å². The predicted octanol–water partition coefficient (Wildman–Crippen LogP) is 3.83. The van der Waals surface area contributed by atoms with Crippen molar-refractivity contribution in [2.45, 2.75) is 44.2 Å². The summed E-state index contributed by atoms with van der Waals surface area (Å²) in [7, 11) is 0. The molecule has 1 amide bonds. The standard InChI is InChI=1S/C20H23F3IN5O3/c1-18(2,10-24)32-17(30)28-4-3-19(11-28)15-8-14(27-29(15)5-6-31-19)12-7-13(20(21,22)23)16(25)26-9-12/h7-9H,3-6,10-11H2,1-2H3,(H2,25,26)/t19-/m1/s1. The van der Waals surface area contributed by atoms with Gasteiger partial charge in [0.15, 0.2) is 0 Å². The summed E-state index contributed by atoms with van der Waals surface area (Å²) in [6, 6.07) is 2.66. The molecule has 1 saturated heterocycles. The van der Waals surface area contributed by atoms with Gasteiger partial charge in [-0.25, -0.2) is 9.78 Å². The maximum absolute atomic E-state index is 13.3. The van der Waals surface area contributed by atoms with E-state index >= 15 is 0 Å². The van der Waals surface area contributed by atoms with Crippen molar-refractivity contribution in [1.29, 1.82) is 0 Å². The van der Waals surface area contributed by atoms with E-state index in [9.17, 15) is 18.0 Å². The third-order valence-electron chi connectivity index (χ3n) is 5.62. The van der Waals surface area contributed by atoms with Gasteiger partial charge in [0.1, 0.15) is 17.0 Å². The highest BCUT2D eigenvalue weighted by atomic mass is 127. The molecule has 12 heteroatoms. The molecule has 0 aromatic carbocycles. The number of rotatable bonds is 3. The van der Waals surface area contributed by atoms with Crippen LogP contribution in [0.2, 0.25) is 0 Å². The smallest absolute Gasteiger partial charge is 0.419 e. The lowest BCUT2D eigenvalue weighted by Crippen LogP contribution is -2.43. The normalized spacial score (nSPS) is 21.1. The van der Waals surface area contributed by atoms with Crippen molar-refractivity contribution in [2.75, 3.05) is 29.9 Å². The summed E-state index contributed by atoms with van der Waals surface area (Å²) in [5.41, 5.74) is 4.31. The van der Waals surface area contributed by atoms with Gasteiger partial charge in [-0.1, -0.05) is 22.6 Å². The van der Waals surface area contributed by atoms with Gasteiger partial charge in [-0.2, -0.15) is 18.3 Å². The number of pyridine rings is 1. The molecule has 1 atom stereocenters. The third-order valence-corrected chi connectivity index (χ3v) is 7.46. The number of nitrogens with zero attached hydrogens (tertiary/aromatic N) is 4. The van der Waals surface area contributed by atoms with Crippen molar-refractivity contribution in [3.63, 3.8) is 0 Å². The van der Waals surface area contributed by atoms with E-state index in [0.29, 0.717) is 41.9 Å². The highest BCUT2D eigenvalue weighted by Gasteiger charge is 2.48. The molecule has 1 fully saturated rings. The van der Waals surface area contributed by atoms with Crippen LogP contribution < -0.4 is 5.73 Å². The fourth-order valence-corrected chi connectivity index (χ4v) is 4.09. The fourth-order valence-electron chi connectivity index (χ4n) is 3.93. The molecule has 32 heavy (non-hydrogen) atoms. The third kappa shape index (κ3) is 4.26. The van der Waals surface area contributed by atoms with Crippen LogP contribution in [0.5, 0.6) is 0 Å². The number of hydrogen-bond acceptors (Lipinski definition) is 6. The summed E-state index contributed by atoms with van der Waals surface area (Å²) in [6.07, 6.45) is -3.22. The van der Waals surface area contributed by atoms with Gasteiger partial charge in [-0.05, 0) is 26.0 Å². The monoisotopic (exact) mass is 565 g/mol. The summed E-state index contributed by atoms with van der Waals surface area (Å²) >= 11 is 2.17. The van der Waals surface area contributed by atoms with Crippen LogP contribution in [0.1, 0.15) is 31.5 Å². The van der Waals surface area contributed by atoms with Crippen molar-refractivity contribution >= 4 is 34.5 Å². The van der Waals surface area contributed by atoms with Gasteiger partial charge in [-0.3, -0.25) is 4.68 Å². The minimum absolute atomic E-state index is 0.210. The number of halogens is 4. The average molecular weight is 565 g/mol. The number of nitrogens with two attached hydrogens (primary N) is 1. The molecule has 2 aliphatic rings. The molecule has 2 aliphatic heterocycles. The first-order chi connectivity index (χ1) is 14.9. The van der Waals surface area contributed by atoms with E-state index in [1.54, 1.807) is 15.6 Å². The van der Waals surface area contributed by atoms with Gasteiger partial charge in [0, 0.05) is 29.2 Å². The van der Waals surface area contributed by atoms with Gasteiger partial charge in [0.05, 0.1) is 36.6 Å². The van der Waals surface area contributed by atoms with Gasteiger partial charge in [0.2, 0.25) is 0 Å². The first-order valence-corrected chi connectivity index (χ1v) is 11.6. The van der Waals surface area contributed by atoms with E-state index < -0.39 is 34.9 Å². The number of likely N-dealkylation sites (tertiary alicyclic amines) is 1. The molecular weight excluding hydrogens is 542 g/mol. The molecule has 174 valence electrons. The zero-order valence-corrected chi connectivity index (χ0v) is 19.7. The van der Waals surface area contributed by atoms with Crippen LogP contribution in [0.15, 0.2) is 18.3 Å². The first-order valence-electron chi connectivity index (χ1n) is 10.0. The van der Waals surface area contributed by atoms with E-state index in [-0.39, 0.29) is 12.1 Å². The number of ether oxygens (including phenoxy) is 2. The maximum Gasteiger partial charge on any atom is 0.419 e.